The van der Waals surface area contributed by atoms with Gasteiger partial charge in [0.05, 0.1) is 10.9 Å². The molecule has 3 aromatic carbocycles. The normalized spacial score (nSPS) is 22.7. The van der Waals surface area contributed by atoms with Crippen LogP contribution >= 0.6 is 11.8 Å². The van der Waals surface area contributed by atoms with Gasteiger partial charge in [-0.05, 0) is 73.2 Å². The van der Waals surface area contributed by atoms with Gasteiger partial charge < -0.3 is 4.74 Å². The first kappa shape index (κ1) is 24.1. The van der Waals surface area contributed by atoms with Crippen molar-refractivity contribution in [3.63, 3.8) is 0 Å². The lowest BCUT2D eigenvalue weighted by molar-refractivity contribution is -0.165. The third kappa shape index (κ3) is 4.09. The lowest BCUT2D eigenvalue weighted by Crippen LogP contribution is -2.44. The molecule has 2 aliphatic rings. The Balaban J connectivity index is 1.71. The number of hydrogen-bond acceptors (Lipinski definition) is 5. The van der Waals surface area contributed by atoms with Crippen molar-refractivity contribution in [1.29, 1.82) is 0 Å². The number of sulfonamides is 1. The number of esters is 1. The first-order valence-corrected chi connectivity index (χ1v) is 14.1. The van der Waals surface area contributed by atoms with Crippen LogP contribution in [-0.2, 0) is 19.6 Å². The molecular formula is C28H29NO4S2. The van der Waals surface area contributed by atoms with E-state index in [1.807, 2.05) is 75.6 Å². The number of carbonyl (C=O) groups excluding carboxylic acids is 1. The molecule has 7 heteroatoms. The summed E-state index contributed by atoms with van der Waals surface area (Å²) in [5.74, 6) is 0.0651. The van der Waals surface area contributed by atoms with Crippen molar-refractivity contribution in [1.82, 2.24) is 4.31 Å². The molecule has 0 aliphatic carbocycles. The maximum absolute atomic E-state index is 14.0. The third-order valence-corrected chi connectivity index (χ3v) is 9.57. The van der Waals surface area contributed by atoms with Crippen molar-refractivity contribution >= 4 is 38.5 Å². The second kappa shape index (κ2) is 8.50. The summed E-state index contributed by atoms with van der Waals surface area (Å²) >= 11 is 1.55. The molecule has 0 aromatic heterocycles. The van der Waals surface area contributed by atoms with Crippen LogP contribution in [0.15, 0.2) is 82.6 Å². The van der Waals surface area contributed by atoms with E-state index in [2.05, 4.69) is 0 Å². The van der Waals surface area contributed by atoms with Crippen molar-refractivity contribution in [2.45, 2.75) is 44.2 Å². The van der Waals surface area contributed by atoms with E-state index in [1.54, 1.807) is 36.0 Å². The first-order chi connectivity index (χ1) is 16.5. The number of carbonyl (C=O) groups is 1. The van der Waals surface area contributed by atoms with Gasteiger partial charge in [0.2, 0.25) is 10.0 Å². The Morgan fingerprint density at radius 3 is 2.40 bits per heavy atom. The Morgan fingerprint density at radius 2 is 1.71 bits per heavy atom. The number of nitrogens with zero attached hydrogens (tertiary/aromatic N) is 1. The van der Waals surface area contributed by atoms with Gasteiger partial charge in [0.1, 0.15) is 11.0 Å². The number of benzene rings is 3. The van der Waals surface area contributed by atoms with Gasteiger partial charge in [-0.15, -0.1) is 11.8 Å². The maximum atomic E-state index is 14.0. The van der Waals surface area contributed by atoms with Crippen LogP contribution in [0.1, 0.15) is 37.9 Å². The predicted molar refractivity (Wildman–Crippen MR) is 141 cm³/mol. The van der Waals surface area contributed by atoms with Crippen LogP contribution in [0.4, 0.5) is 0 Å². The van der Waals surface area contributed by atoms with Gasteiger partial charge >= 0.3 is 5.97 Å². The maximum Gasteiger partial charge on any atom is 0.319 e. The molecule has 0 bridgehead atoms. The average Bonchev–Trinajstić information content (AvgIpc) is 3.36. The largest absolute Gasteiger partial charge is 0.459 e. The lowest BCUT2D eigenvalue weighted by Gasteiger charge is -2.36. The summed E-state index contributed by atoms with van der Waals surface area (Å²) < 4.78 is 35.5. The summed E-state index contributed by atoms with van der Waals surface area (Å²) in [6.45, 7) is 7.60. The molecule has 2 heterocycles. The Morgan fingerprint density at radius 1 is 1.03 bits per heavy atom. The highest BCUT2D eigenvalue weighted by Gasteiger charge is 2.62. The minimum atomic E-state index is -3.89. The second-order valence-electron chi connectivity index (χ2n) is 10.3. The zero-order chi connectivity index (χ0) is 25.0. The SMILES string of the molecule is Cc1ccc(S(=O)(=O)N2CC3=CSC[C@@]3(C(=O)OC(C)(C)C)[C@@H]2c2ccc3ccccc3c2)cc1. The number of aryl methyl sites for hydroxylation is 1. The summed E-state index contributed by atoms with van der Waals surface area (Å²) in [4.78, 5) is 14.1. The van der Waals surface area contributed by atoms with Crippen LogP contribution in [0.2, 0.25) is 0 Å². The minimum absolute atomic E-state index is 0.153. The van der Waals surface area contributed by atoms with Crippen LogP contribution < -0.4 is 0 Å². The van der Waals surface area contributed by atoms with Crippen LogP contribution in [0.5, 0.6) is 0 Å². The highest BCUT2D eigenvalue weighted by molar-refractivity contribution is 8.02. The van der Waals surface area contributed by atoms with Crippen LogP contribution in [0.25, 0.3) is 10.8 Å². The lowest BCUT2D eigenvalue weighted by atomic mass is 9.76. The number of rotatable bonds is 4. The van der Waals surface area contributed by atoms with Gasteiger partial charge in [0.25, 0.3) is 0 Å². The fraction of sp³-hybridized carbons (Fsp3) is 0.321. The molecular weight excluding hydrogens is 478 g/mol. The molecule has 0 saturated carbocycles. The molecule has 2 aliphatic heterocycles. The molecule has 182 valence electrons. The van der Waals surface area contributed by atoms with Crippen molar-refractivity contribution in [2.75, 3.05) is 12.3 Å². The molecule has 0 N–H and O–H groups in total. The zero-order valence-corrected chi connectivity index (χ0v) is 21.9. The summed E-state index contributed by atoms with van der Waals surface area (Å²) in [5, 5.41) is 4.01. The quantitative estimate of drug-likeness (QED) is 0.415. The minimum Gasteiger partial charge on any atom is -0.459 e. The fourth-order valence-electron chi connectivity index (χ4n) is 4.98. The number of thioether (sulfide) groups is 1. The molecule has 1 fully saturated rings. The van der Waals surface area contributed by atoms with E-state index in [4.69, 9.17) is 4.74 Å². The highest BCUT2D eigenvalue weighted by atomic mass is 32.2. The van der Waals surface area contributed by atoms with E-state index in [1.165, 1.54) is 4.31 Å². The van der Waals surface area contributed by atoms with Crippen molar-refractivity contribution < 1.29 is 17.9 Å². The van der Waals surface area contributed by atoms with Gasteiger partial charge in [-0.1, -0.05) is 54.1 Å². The molecule has 0 radical (unpaired) electrons. The fourth-order valence-corrected chi connectivity index (χ4v) is 7.91. The van der Waals surface area contributed by atoms with Gasteiger partial charge in [-0.3, -0.25) is 4.79 Å². The molecule has 35 heavy (non-hydrogen) atoms. The summed E-state index contributed by atoms with van der Waals surface area (Å²) in [6, 6.07) is 20.1. The van der Waals surface area contributed by atoms with Crippen LogP contribution in [-0.4, -0.2) is 36.6 Å². The van der Waals surface area contributed by atoms with Crippen molar-refractivity contribution in [3.05, 3.63) is 88.8 Å². The Labute approximate surface area is 211 Å². The zero-order valence-electron chi connectivity index (χ0n) is 20.3. The molecule has 3 aromatic rings. The molecule has 1 saturated heterocycles. The van der Waals surface area contributed by atoms with Gasteiger partial charge in [-0.2, -0.15) is 4.31 Å². The smallest absolute Gasteiger partial charge is 0.319 e. The van der Waals surface area contributed by atoms with E-state index in [0.717, 1.165) is 27.5 Å². The Bertz CT molecular complexity index is 1440. The van der Waals surface area contributed by atoms with Gasteiger partial charge in [0, 0.05) is 12.3 Å². The monoisotopic (exact) mass is 507 g/mol. The molecule has 0 amide bonds. The van der Waals surface area contributed by atoms with E-state index in [-0.39, 0.29) is 17.4 Å². The molecule has 5 nitrogen and oxygen atoms in total. The standard InChI is InChI=1S/C28H29NO4S2/c1-19-9-13-24(14-10-19)35(31,32)29-16-23-17-34-18-28(23,26(30)33-27(2,3)4)25(29)22-12-11-20-7-5-6-8-21(20)15-22/h5-15,17,25H,16,18H2,1-4H3/t25-,28-/m0/s1. The molecule has 0 spiro atoms. The van der Waals surface area contributed by atoms with Crippen LogP contribution in [0.3, 0.4) is 0 Å². The Kier molecular flexibility index (Phi) is 5.86. The van der Waals surface area contributed by atoms with E-state index >= 15 is 0 Å². The third-order valence-electron chi connectivity index (χ3n) is 6.67. The first-order valence-electron chi connectivity index (χ1n) is 11.6. The summed E-state index contributed by atoms with van der Waals surface area (Å²) in [5.41, 5.74) is 0.791. The van der Waals surface area contributed by atoms with Crippen molar-refractivity contribution in [3.8, 4) is 0 Å². The van der Waals surface area contributed by atoms with Gasteiger partial charge in [-0.25, -0.2) is 8.42 Å². The molecule has 5 rings (SSSR count). The van der Waals surface area contributed by atoms with E-state index < -0.39 is 27.1 Å². The Hall–Kier alpha value is -2.61. The topological polar surface area (TPSA) is 63.7 Å². The van der Waals surface area contributed by atoms with Gasteiger partial charge in [0.15, 0.2) is 0 Å². The van der Waals surface area contributed by atoms with E-state index in [9.17, 15) is 13.2 Å². The number of ether oxygens (including phenoxy) is 1. The molecule has 2 atom stereocenters. The predicted octanol–water partition coefficient (Wildman–Crippen LogP) is 5.85. The average molecular weight is 508 g/mol. The second-order valence-corrected chi connectivity index (χ2v) is 13.0. The van der Waals surface area contributed by atoms with E-state index in [0.29, 0.717) is 5.75 Å². The highest BCUT2D eigenvalue weighted by Crippen LogP contribution is 2.58. The van der Waals surface area contributed by atoms with Crippen molar-refractivity contribution in [2.24, 2.45) is 5.41 Å². The number of fused-ring (bicyclic) bond motifs is 2. The number of hydrogen-bond donors (Lipinski definition) is 0. The molecule has 0 unspecified atom stereocenters. The summed E-state index contributed by atoms with van der Waals surface area (Å²) in [6.07, 6.45) is 0. The van der Waals surface area contributed by atoms with Crippen LogP contribution in [0, 0.1) is 12.3 Å². The summed E-state index contributed by atoms with van der Waals surface area (Å²) in [7, 11) is -3.89.